The molecule has 3 heterocycles. The van der Waals surface area contributed by atoms with Crippen molar-refractivity contribution in [3.63, 3.8) is 0 Å². The van der Waals surface area contributed by atoms with Gasteiger partial charge in [-0.3, -0.25) is 9.69 Å². The van der Waals surface area contributed by atoms with E-state index in [2.05, 4.69) is 36.8 Å². The van der Waals surface area contributed by atoms with Crippen LogP contribution in [-0.4, -0.2) is 45.7 Å². The molecule has 34 heavy (non-hydrogen) atoms. The number of carbonyl (C=O) groups excluding carboxylic acids is 1. The maximum Gasteiger partial charge on any atom is 0.273 e. The Hall–Kier alpha value is -3.79. The van der Waals surface area contributed by atoms with Gasteiger partial charge in [-0.2, -0.15) is 4.98 Å². The second-order valence-corrected chi connectivity index (χ2v) is 8.57. The van der Waals surface area contributed by atoms with Crippen LogP contribution in [0.1, 0.15) is 40.9 Å². The molecule has 1 amide bonds. The number of amides is 1. The van der Waals surface area contributed by atoms with Gasteiger partial charge in [-0.05, 0) is 61.2 Å². The van der Waals surface area contributed by atoms with Gasteiger partial charge in [0.15, 0.2) is 11.5 Å². The van der Waals surface area contributed by atoms with Crippen molar-refractivity contribution in [2.75, 3.05) is 24.3 Å². The van der Waals surface area contributed by atoms with Gasteiger partial charge < -0.3 is 21.1 Å². The van der Waals surface area contributed by atoms with Gasteiger partial charge in [0, 0.05) is 12.6 Å². The van der Waals surface area contributed by atoms with E-state index in [1.54, 1.807) is 19.2 Å². The molecule has 2 aliphatic heterocycles. The minimum absolute atomic E-state index is 0.00295. The Morgan fingerprint density at radius 1 is 1.15 bits per heavy atom. The molecule has 3 aromatic rings. The number of para-hydroxylation sites is 1. The average Bonchev–Trinajstić information content (AvgIpc) is 2.84. The number of hydrogen-bond acceptors (Lipinski definition) is 8. The minimum atomic E-state index is -0.826. The highest BCUT2D eigenvalue weighted by Crippen LogP contribution is 2.36. The second-order valence-electron chi connectivity index (χ2n) is 8.57. The summed E-state index contributed by atoms with van der Waals surface area (Å²) in [6.45, 7) is 2.00. The van der Waals surface area contributed by atoms with Crippen LogP contribution < -0.4 is 21.1 Å². The van der Waals surface area contributed by atoms with Crippen LogP contribution in [0.4, 0.5) is 27.5 Å². The van der Waals surface area contributed by atoms with Crippen LogP contribution in [0.25, 0.3) is 0 Å². The highest BCUT2D eigenvalue weighted by molar-refractivity contribution is 5.96. The highest BCUT2D eigenvalue weighted by atomic mass is 19.1. The molecule has 0 aliphatic carbocycles. The first kappa shape index (κ1) is 22.0. The number of hydrogen-bond donors (Lipinski definition) is 3. The summed E-state index contributed by atoms with van der Waals surface area (Å²) < 4.78 is 19.8. The first-order chi connectivity index (χ1) is 16.5. The zero-order valence-corrected chi connectivity index (χ0v) is 18.8. The van der Waals surface area contributed by atoms with Crippen molar-refractivity contribution in [3.05, 3.63) is 59.0 Å². The fourth-order valence-electron chi connectivity index (χ4n) is 4.69. The first-order valence-corrected chi connectivity index (χ1v) is 11.3. The van der Waals surface area contributed by atoms with E-state index >= 15 is 0 Å². The quantitative estimate of drug-likeness (QED) is 0.508. The lowest BCUT2D eigenvalue weighted by molar-refractivity contribution is 0.0995. The van der Waals surface area contributed by atoms with Crippen LogP contribution in [0, 0.1) is 5.82 Å². The summed E-state index contributed by atoms with van der Waals surface area (Å²) >= 11 is 0. The SMILES string of the molecule is COc1cc2c(cc1Nc1nnc(C(N)=O)c(Nc3ccccc3F)n1)CN1CCCCC1C2. The summed E-state index contributed by atoms with van der Waals surface area (Å²) in [5, 5.41) is 13.8. The van der Waals surface area contributed by atoms with Crippen LogP contribution in [0.3, 0.4) is 0 Å². The van der Waals surface area contributed by atoms with Crippen molar-refractivity contribution in [1.29, 1.82) is 0 Å². The highest BCUT2D eigenvalue weighted by Gasteiger charge is 2.29. The van der Waals surface area contributed by atoms with E-state index in [9.17, 15) is 9.18 Å². The van der Waals surface area contributed by atoms with E-state index < -0.39 is 11.7 Å². The second kappa shape index (κ2) is 9.22. The number of halogens is 1. The number of benzene rings is 2. The van der Waals surface area contributed by atoms with E-state index in [-0.39, 0.29) is 23.1 Å². The third-order valence-electron chi connectivity index (χ3n) is 6.39. The largest absolute Gasteiger partial charge is 0.495 e. The van der Waals surface area contributed by atoms with Gasteiger partial charge >= 0.3 is 0 Å². The molecule has 176 valence electrons. The molecular weight excluding hydrogens is 437 g/mol. The van der Waals surface area contributed by atoms with Gasteiger partial charge in [-0.15, -0.1) is 10.2 Å². The van der Waals surface area contributed by atoms with Crippen molar-refractivity contribution < 1.29 is 13.9 Å². The maximum atomic E-state index is 14.2. The fourth-order valence-corrected chi connectivity index (χ4v) is 4.69. The molecule has 5 rings (SSSR count). The van der Waals surface area contributed by atoms with Crippen molar-refractivity contribution in [3.8, 4) is 5.75 Å². The maximum absolute atomic E-state index is 14.2. The molecule has 1 fully saturated rings. The number of fused-ring (bicyclic) bond motifs is 2. The number of nitrogens with two attached hydrogens (primary N) is 1. The molecule has 2 aromatic carbocycles. The molecule has 0 radical (unpaired) electrons. The molecular formula is C24H26FN7O2. The molecule has 9 nitrogen and oxygen atoms in total. The minimum Gasteiger partial charge on any atom is -0.495 e. The van der Waals surface area contributed by atoms with Gasteiger partial charge in [0.2, 0.25) is 5.95 Å². The molecule has 4 N–H and O–H groups in total. The average molecular weight is 464 g/mol. The Kier molecular flexibility index (Phi) is 5.97. The molecule has 0 bridgehead atoms. The smallest absolute Gasteiger partial charge is 0.273 e. The number of primary amides is 1. The number of methoxy groups -OCH3 is 1. The number of nitrogens with one attached hydrogen (secondary N) is 2. The van der Waals surface area contributed by atoms with Gasteiger partial charge in [-0.1, -0.05) is 18.6 Å². The Balaban J connectivity index is 1.46. The molecule has 1 aromatic heterocycles. The van der Waals surface area contributed by atoms with Crippen LogP contribution in [0.5, 0.6) is 5.75 Å². The molecule has 1 unspecified atom stereocenters. The predicted molar refractivity (Wildman–Crippen MR) is 126 cm³/mol. The van der Waals surface area contributed by atoms with Crippen LogP contribution in [0.15, 0.2) is 36.4 Å². The summed E-state index contributed by atoms with van der Waals surface area (Å²) in [7, 11) is 1.61. The zero-order valence-electron chi connectivity index (χ0n) is 18.8. The Morgan fingerprint density at radius 2 is 2.00 bits per heavy atom. The number of ether oxygens (including phenoxy) is 1. The summed E-state index contributed by atoms with van der Waals surface area (Å²) in [4.78, 5) is 18.7. The van der Waals surface area contributed by atoms with E-state index in [1.807, 2.05) is 6.07 Å². The van der Waals surface area contributed by atoms with Crippen LogP contribution >= 0.6 is 0 Å². The van der Waals surface area contributed by atoms with Crippen molar-refractivity contribution in [2.45, 2.75) is 38.3 Å². The number of rotatable bonds is 6. The molecule has 0 spiro atoms. The third kappa shape index (κ3) is 4.36. The number of piperidine rings is 1. The van der Waals surface area contributed by atoms with Crippen LogP contribution in [-0.2, 0) is 13.0 Å². The number of carbonyl (C=O) groups is 1. The van der Waals surface area contributed by atoms with E-state index in [4.69, 9.17) is 10.5 Å². The zero-order chi connectivity index (χ0) is 23.7. The Morgan fingerprint density at radius 3 is 2.79 bits per heavy atom. The number of anilines is 4. The topological polar surface area (TPSA) is 118 Å². The lowest BCUT2D eigenvalue weighted by atomic mass is 9.88. The molecule has 0 saturated carbocycles. The summed E-state index contributed by atoms with van der Waals surface area (Å²) in [5.41, 5.74) is 8.57. The lowest BCUT2D eigenvalue weighted by Crippen LogP contribution is -2.43. The lowest BCUT2D eigenvalue weighted by Gasteiger charge is -2.40. The van der Waals surface area contributed by atoms with Crippen LogP contribution in [0.2, 0.25) is 0 Å². The summed E-state index contributed by atoms with van der Waals surface area (Å²) in [6, 6.07) is 10.7. The van der Waals surface area contributed by atoms with Gasteiger partial charge in [-0.25, -0.2) is 4.39 Å². The van der Waals surface area contributed by atoms with Crippen molar-refractivity contribution in [1.82, 2.24) is 20.1 Å². The van der Waals surface area contributed by atoms with Crippen molar-refractivity contribution in [2.24, 2.45) is 5.73 Å². The normalized spacial score (nSPS) is 17.4. The van der Waals surface area contributed by atoms with Crippen molar-refractivity contribution >= 4 is 29.0 Å². The summed E-state index contributed by atoms with van der Waals surface area (Å²) in [6.07, 6.45) is 4.75. The van der Waals surface area contributed by atoms with Gasteiger partial charge in [0.05, 0.1) is 18.5 Å². The summed E-state index contributed by atoms with van der Waals surface area (Å²) in [5.74, 6) is -0.544. The number of nitrogens with zero attached hydrogens (tertiary/aromatic N) is 4. The number of aromatic nitrogens is 3. The fraction of sp³-hybridized carbons (Fsp3) is 0.333. The molecule has 1 atom stereocenters. The molecule has 2 aliphatic rings. The molecule has 10 heteroatoms. The molecule has 1 saturated heterocycles. The van der Waals surface area contributed by atoms with E-state index in [0.29, 0.717) is 17.5 Å². The standard InChI is InChI=1S/C24H26FN7O2/c1-34-20-12-14-10-16-6-4-5-9-32(16)13-15(14)11-19(20)28-24-29-23(21(22(26)33)30-31-24)27-18-8-3-2-7-17(18)25/h2-3,7-8,11-12,16H,4-6,9-10,13H2,1H3,(H2,26,33)(H2,27,28,29,31). The predicted octanol–water partition coefficient (Wildman–Crippen LogP) is 3.52. The first-order valence-electron chi connectivity index (χ1n) is 11.3. The third-order valence-corrected chi connectivity index (χ3v) is 6.39. The Labute approximate surface area is 196 Å². The van der Waals surface area contributed by atoms with Gasteiger partial charge in [0.25, 0.3) is 5.91 Å². The Bertz CT molecular complexity index is 1240. The monoisotopic (exact) mass is 463 g/mol. The van der Waals surface area contributed by atoms with E-state index in [0.717, 1.165) is 19.5 Å². The van der Waals surface area contributed by atoms with Gasteiger partial charge in [0.1, 0.15) is 11.6 Å². The van der Waals surface area contributed by atoms with E-state index in [1.165, 1.54) is 42.5 Å².